The fraction of sp³-hybridized carbons (Fsp3) is 0.364. The van der Waals surface area contributed by atoms with E-state index in [0.29, 0.717) is 22.3 Å². The highest BCUT2D eigenvalue weighted by atomic mass is 16.3. The molecule has 0 aliphatic rings. The summed E-state index contributed by atoms with van der Waals surface area (Å²) in [6.07, 6.45) is -0.640. The molecule has 0 radical (unpaired) electrons. The van der Waals surface area contributed by atoms with E-state index < -0.39 is 23.5 Å². The van der Waals surface area contributed by atoms with Crippen LogP contribution in [0.1, 0.15) is 71.2 Å². The first kappa shape index (κ1) is 22.5. The van der Waals surface area contributed by atoms with Gasteiger partial charge >= 0.3 is 0 Å². The molecule has 1 unspecified atom stereocenters. The fourth-order valence-corrected chi connectivity index (χ4v) is 2.80. The molecule has 0 saturated carbocycles. The molecule has 0 fully saturated rings. The van der Waals surface area contributed by atoms with Crippen LogP contribution in [0.15, 0.2) is 42.5 Å². The van der Waals surface area contributed by atoms with E-state index in [0.717, 1.165) is 0 Å². The highest BCUT2D eigenvalue weighted by Crippen LogP contribution is 2.19. The minimum Gasteiger partial charge on any atom is -0.392 e. The lowest BCUT2D eigenvalue weighted by molar-refractivity contribution is 0.0358. The Labute approximate surface area is 170 Å². The summed E-state index contributed by atoms with van der Waals surface area (Å²) in [7, 11) is 0. The van der Waals surface area contributed by atoms with Crippen molar-refractivity contribution in [2.24, 2.45) is 0 Å². The summed E-state index contributed by atoms with van der Waals surface area (Å²) < 4.78 is 0. The molecule has 0 aliphatic carbocycles. The van der Waals surface area contributed by atoms with Gasteiger partial charge in [0.2, 0.25) is 0 Å². The van der Waals surface area contributed by atoms with Gasteiger partial charge in [-0.1, -0.05) is 18.2 Å². The molecular formula is C22H28N2O5. The summed E-state index contributed by atoms with van der Waals surface area (Å²) in [6.45, 7) is 6.44. The molecule has 1 atom stereocenters. The molecule has 7 nitrogen and oxygen atoms in total. The fourth-order valence-electron chi connectivity index (χ4n) is 2.80. The molecule has 2 rings (SSSR count). The molecule has 156 valence electrons. The molecule has 2 aromatic carbocycles. The van der Waals surface area contributed by atoms with E-state index in [4.69, 9.17) is 0 Å². The van der Waals surface area contributed by atoms with Crippen molar-refractivity contribution >= 4 is 11.8 Å². The van der Waals surface area contributed by atoms with E-state index in [9.17, 15) is 24.9 Å². The van der Waals surface area contributed by atoms with Crippen LogP contribution in [0.5, 0.6) is 0 Å². The molecular weight excluding hydrogens is 372 g/mol. The number of carbonyl (C=O) groups is 2. The third-order valence-electron chi connectivity index (χ3n) is 4.41. The van der Waals surface area contributed by atoms with E-state index in [1.54, 1.807) is 58.0 Å². The zero-order valence-electron chi connectivity index (χ0n) is 17.1. The van der Waals surface area contributed by atoms with Crippen LogP contribution in [0.2, 0.25) is 0 Å². The van der Waals surface area contributed by atoms with Crippen molar-refractivity contribution in [2.75, 3.05) is 0 Å². The minimum absolute atomic E-state index is 0.250. The number of amides is 2. The van der Waals surface area contributed by atoms with Gasteiger partial charge in [-0.15, -0.1) is 0 Å². The van der Waals surface area contributed by atoms with E-state index in [2.05, 4.69) is 5.43 Å². The lowest BCUT2D eigenvalue weighted by atomic mass is 10.0. The number of nitrogens with zero attached hydrogens (tertiary/aromatic N) is 1. The molecule has 4 N–H and O–H groups in total. The van der Waals surface area contributed by atoms with Crippen LogP contribution >= 0.6 is 0 Å². The summed E-state index contributed by atoms with van der Waals surface area (Å²) in [6, 6.07) is 11.1. The van der Waals surface area contributed by atoms with Crippen LogP contribution in [-0.2, 0) is 13.2 Å². The normalized spacial score (nSPS) is 12.4. The van der Waals surface area contributed by atoms with Gasteiger partial charge in [-0.25, -0.2) is 5.01 Å². The van der Waals surface area contributed by atoms with E-state index in [1.807, 2.05) is 0 Å². The second-order valence-electron chi connectivity index (χ2n) is 7.90. The van der Waals surface area contributed by atoms with Crippen LogP contribution in [0.4, 0.5) is 0 Å². The zero-order valence-corrected chi connectivity index (χ0v) is 17.1. The molecule has 0 saturated heterocycles. The van der Waals surface area contributed by atoms with E-state index in [-0.39, 0.29) is 18.8 Å². The van der Waals surface area contributed by atoms with Crippen molar-refractivity contribution in [1.29, 1.82) is 0 Å². The molecule has 2 amide bonds. The largest absolute Gasteiger partial charge is 0.392 e. The second-order valence-corrected chi connectivity index (χ2v) is 7.90. The smallest absolute Gasteiger partial charge is 0.272 e. The highest BCUT2D eigenvalue weighted by molar-refractivity contribution is 5.99. The molecule has 29 heavy (non-hydrogen) atoms. The maximum atomic E-state index is 13.2. The minimum atomic E-state index is -0.735. The van der Waals surface area contributed by atoms with E-state index >= 15 is 0 Å². The monoisotopic (exact) mass is 400 g/mol. The van der Waals surface area contributed by atoms with Crippen LogP contribution < -0.4 is 5.43 Å². The van der Waals surface area contributed by atoms with Crippen molar-refractivity contribution in [3.05, 3.63) is 70.3 Å². The summed E-state index contributed by atoms with van der Waals surface area (Å²) in [5.74, 6) is -0.928. The summed E-state index contributed by atoms with van der Waals surface area (Å²) in [4.78, 5) is 25.9. The van der Waals surface area contributed by atoms with Gasteiger partial charge in [0.25, 0.3) is 11.8 Å². The van der Waals surface area contributed by atoms with Crippen LogP contribution in [-0.4, -0.2) is 37.7 Å². The molecule has 0 spiro atoms. The quantitative estimate of drug-likeness (QED) is 0.576. The maximum absolute atomic E-state index is 13.2. The van der Waals surface area contributed by atoms with Crippen LogP contribution in [0.25, 0.3) is 0 Å². The number of aliphatic hydroxyl groups excluding tert-OH is 3. The summed E-state index contributed by atoms with van der Waals surface area (Å²) in [5.41, 5.74) is 4.18. The third kappa shape index (κ3) is 5.63. The number of benzene rings is 2. The van der Waals surface area contributed by atoms with Crippen molar-refractivity contribution in [3.8, 4) is 0 Å². The highest BCUT2D eigenvalue weighted by Gasteiger charge is 2.30. The van der Waals surface area contributed by atoms with Gasteiger partial charge in [0, 0.05) is 11.1 Å². The van der Waals surface area contributed by atoms with Gasteiger partial charge in [0.1, 0.15) is 0 Å². The number of carbonyl (C=O) groups excluding carboxylic acids is 2. The van der Waals surface area contributed by atoms with Gasteiger partial charge in [0.05, 0.1) is 24.9 Å². The average molecular weight is 400 g/mol. The first-order valence-electron chi connectivity index (χ1n) is 9.35. The molecule has 0 aliphatic heterocycles. The van der Waals surface area contributed by atoms with Gasteiger partial charge in [-0.05, 0) is 68.7 Å². The Morgan fingerprint density at radius 1 is 0.966 bits per heavy atom. The Hall–Kier alpha value is -2.74. The number of hydrazine groups is 1. The predicted octanol–water partition coefficient (Wildman–Crippen LogP) is 2.31. The van der Waals surface area contributed by atoms with Gasteiger partial charge in [-0.2, -0.15) is 0 Å². The number of rotatable bonds is 5. The van der Waals surface area contributed by atoms with Crippen molar-refractivity contribution in [3.63, 3.8) is 0 Å². The Morgan fingerprint density at radius 3 is 1.90 bits per heavy atom. The number of hydrogen-bond acceptors (Lipinski definition) is 5. The Morgan fingerprint density at radius 2 is 1.48 bits per heavy atom. The lowest BCUT2D eigenvalue weighted by Gasteiger charge is -2.35. The molecule has 0 aromatic heterocycles. The lowest BCUT2D eigenvalue weighted by Crippen LogP contribution is -2.55. The maximum Gasteiger partial charge on any atom is 0.272 e. The van der Waals surface area contributed by atoms with Gasteiger partial charge in [-0.3, -0.25) is 15.0 Å². The first-order valence-corrected chi connectivity index (χ1v) is 9.35. The number of hydrogen-bond donors (Lipinski definition) is 4. The van der Waals surface area contributed by atoms with Crippen molar-refractivity contribution in [1.82, 2.24) is 10.4 Å². The Balaban J connectivity index is 2.32. The standard InChI is InChI=1S/C22H28N2O5/c1-14(27)17-5-7-18(8-6-17)20(28)23-24(22(2,3)4)21(29)19-10-15(12-25)9-16(11-19)13-26/h5-11,14,25-27H,12-13H2,1-4H3,(H,23,28). The molecule has 7 heteroatoms. The molecule has 2 aromatic rings. The average Bonchev–Trinajstić information content (AvgIpc) is 2.69. The Kier molecular flexibility index (Phi) is 7.13. The van der Waals surface area contributed by atoms with Crippen molar-refractivity contribution < 1.29 is 24.9 Å². The SMILES string of the molecule is CC(O)c1ccc(C(=O)NN(C(=O)c2cc(CO)cc(CO)c2)C(C)(C)C)cc1. The summed E-state index contributed by atoms with van der Waals surface area (Å²) in [5, 5.41) is 29.7. The Bertz CT molecular complexity index is 848. The topological polar surface area (TPSA) is 110 Å². The van der Waals surface area contributed by atoms with Crippen LogP contribution in [0.3, 0.4) is 0 Å². The second kappa shape index (κ2) is 9.17. The molecule has 0 heterocycles. The van der Waals surface area contributed by atoms with Crippen LogP contribution in [0, 0.1) is 0 Å². The predicted molar refractivity (Wildman–Crippen MR) is 109 cm³/mol. The number of nitrogens with one attached hydrogen (secondary N) is 1. The zero-order chi connectivity index (χ0) is 21.8. The first-order chi connectivity index (χ1) is 13.6. The van der Waals surface area contributed by atoms with Gasteiger partial charge < -0.3 is 15.3 Å². The van der Waals surface area contributed by atoms with E-state index in [1.165, 1.54) is 17.1 Å². The third-order valence-corrected chi connectivity index (χ3v) is 4.41. The number of aliphatic hydroxyl groups is 3. The van der Waals surface area contributed by atoms with Crippen molar-refractivity contribution in [2.45, 2.75) is 52.6 Å². The van der Waals surface area contributed by atoms with Gasteiger partial charge in [0.15, 0.2) is 0 Å². The summed E-state index contributed by atoms with van der Waals surface area (Å²) >= 11 is 0. The molecule has 0 bridgehead atoms.